The Morgan fingerprint density at radius 2 is 1.88 bits per heavy atom. The lowest BCUT2D eigenvalue weighted by molar-refractivity contribution is -0.00569. The number of anilines is 1. The second-order valence-electron chi connectivity index (χ2n) is 5.41. The molecule has 24 heavy (non-hydrogen) atoms. The standard InChI is InChI=1S/C15H15F4N5/c16-9-5-10(17)14(19)12(13(9)18)7-2-1-3-8(4-7)23-24-11(6-20)15(21)22/h1-4,9-10,12-14,23H,5H2,(H3,21,22)/b24-11+. The number of alkyl halides is 4. The molecule has 128 valence electrons. The third-order valence-electron chi connectivity index (χ3n) is 3.76. The molecule has 0 spiro atoms. The van der Waals surface area contributed by atoms with Gasteiger partial charge in [-0.1, -0.05) is 12.1 Å². The minimum Gasteiger partial charge on any atom is -0.382 e. The van der Waals surface area contributed by atoms with E-state index in [-0.39, 0.29) is 17.0 Å². The van der Waals surface area contributed by atoms with E-state index in [1.807, 2.05) is 0 Å². The number of nitrogens with one attached hydrogen (secondary N) is 2. The van der Waals surface area contributed by atoms with Crippen LogP contribution in [0.3, 0.4) is 0 Å². The number of nitrogens with zero attached hydrogens (tertiary/aromatic N) is 2. The Morgan fingerprint density at radius 1 is 1.25 bits per heavy atom. The van der Waals surface area contributed by atoms with Gasteiger partial charge < -0.3 is 5.73 Å². The first kappa shape index (κ1) is 17.7. The zero-order valence-corrected chi connectivity index (χ0v) is 12.4. The van der Waals surface area contributed by atoms with E-state index in [4.69, 9.17) is 16.4 Å². The number of amidine groups is 1. The molecule has 1 fully saturated rings. The zero-order chi connectivity index (χ0) is 17.9. The minimum atomic E-state index is -2.15. The molecule has 1 aliphatic rings. The third kappa shape index (κ3) is 3.64. The first-order valence-corrected chi connectivity index (χ1v) is 7.09. The SMILES string of the molecule is N#C/C(=N\Nc1cccc(C2C(F)C(F)CC(F)C2F)c1)C(=N)N. The molecular weight excluding hydrogens is 326 g/mol. The van der Waals surface area contributed by atoms with E-state index in [0.717, 1.165) is 0 Å². The van der Waals surface area contributed by atoms with E-state index in [0.29, 0.717) is 0 Å². The first-order chi connectivity index (χ1) is 11.3. The van der Waals surface area contributed by atoms with Gasteiger partial charge in [-0.15, -0.1) is 0 Å². The number of hydrogen-bond acceptors (Lipinski definition) is 4. The highest BCUT2D eigenvalue weighted by molar-refractivity contribution is 6.45. The summed E-state index contributed by atoms with van der Waals surface area (Å²) < 4.78 is 55.1. The Hall–Kier alpha value is -2.63. The molecule has 4 unspecified atom stereocenters. The van der Waals surface area contributed by atoms with Gasteiger partial charge in [0.2, 0.25) is 5.71 Å². The molecule has 0 radical (unpaired) electrons. The van der Waals surface area contributed by atoms with Crippen LogP contribution in [-0.2, 0) is 0 Å². The highest BCUT2D eigenvalue weighted by Crippen LogP contribution is 2.40. The molecule has 4 N–H and O–H groups in total. The van der Waals surface area contributed by atoms with Crippen LogP contribution in [0.2, 0.25) is 0 Å². The van der Waals surface area contributed by atoms with E-state index in [9.17, 15) is 17.6 Å². The molecule has 1 aromatic rings. The van der Waals surface area contributed by atoms with Crippen LogP contribution in [0, 0.1) is 16.7 Å². The number of nitrogens with two attached hydrogens (primary N) is 1. The summed E-state index contributed by atoms with van der Waals surface area (Å²) in [5, 5.41) is 19.4. The molecule has 5 nitrogen and oxygen atoms in total. The number of nitriles is 1. The summed E-state index contributed by atoms with van der Waals surface area (Å²) >= 11 is 0. The van der Waals surface area contributed by atoms with Crippen LogP contribution in [0.15, 0.2) is 29.4 Å². The number of benzene rings is 1. The fourth-order valence-corrected chi connectivity index (χ4v) is 2.55. The number of hydrazone groups is 1. The predicted octanol–water partition coefficient (Wildman–Crippen LogP) is 2.75. The monoisotopic (exact) mass is 341 g/mol. The van der Waals surface area contributed by atoms with Crippen molar-refractivity contribution in [1.82, 2.24) is 0 Å². The molecule has 1 aromatic carbocycles. The fraction of sp³-hybridized carbons (Fsp3) is 0.400. The molecule has 0 heterocycles. The number of rotatable bonds is 4. The molecule has 0 bridgehead atoms. The summed E-state index contributed by atoms with van der Waals surface area (Å²) in [4.78, 5) is 0. The van der Waals surface area contributed by atoms with Gasteiger partial charge in [0.1, 0.15) is 30.8 Å². The summed E-state index contributed by atoms with van der Waals surface area (Å²) in [6, 6.07) is 7.15. The number of hydrogen-bond donors (Lipinski definition) is 3. The Balaban J connectivity index is 2.26. The van der Waals surface area contributed by atoms with Crippen molar-refractivity contribution in [2.45, 2.75) is 37.0 Å². The van der Waals surface area contributed by atoms with Crippen molar-refractivity contribution in [3.63, 3.8) is 0 Å². The lowest BCUT2D eigenvalue weighted by Gasteiger charge is -2.34. The maximum atomic E-state index is 14.0. The molecular formula is C15H15F4N5. The van der Waals surface area contributed by atoms with E-state index < -0.39 is 42.9 Å². The smallest absolute Gasteiger partial charge is 0.201 e. The van der Waals surface area contributed by atoms with E-state index in [1.165, 1.54) is 24.3 Å². The van der Waals surface area contributed by atoms with Crippen molar-refractivity contribution in [1.29, 1.82) is 10.7 Å². The van der Waals surface area contributed by atoms with Gasteiger partial charge in [0.25, 0.3) is 0 Å². The Morgan fingerprint density at radius 3 is 2.42 bits per heavy atom. The Bertz CT molecular complexity index is 673. The van der Waals surface area contributed by atoms with Crippen LogP contribution in [0.1, 0.15) is 17.9 Å². The third-order valence-corrected chi connectivity index (χ3v) is 3.76. The normalized spacial score (nSPS) is 30.5. The molecule has 1 aliphatic carbocycles. The van der Waals surface area contributed by atoms with Crippen LogP contribution >= 0.6 is 0 Å². The van der Waals surface area contributed by atoms with Gasteiger partial charge >= 0.3 is 0 Å². The van der Waals surface area contributed by atoms with E-state index in [2.05, 4.69) is 10.5 Å². The minimum absolute atomic E-state index is 0.0709. The molecule has 0 aromatic heterocycles. The largest absolute Gasteiger partial charge is 0.382 e. The fourth-order valence-electron chi connectivity index (χ4n) is 2.55. The highest BCUT2D eigenvalue weighted by atomic mass is 19.2. The van der Waals surface area contributed by atoms with Gasteiger partial charge in [0, 0.05) is 6.42 Å². The summed E-state index contributed by atoms with van der Waals surface area (Å²) in [7, 11) is 0. The average Bonchev–Trinajstić information content (AvgIpc) is 2.54. The average molecular weight is 341 g/mol. The van der Waals surface area contributed by atoms with Crippen molar-refractivity contribution in [3.05, 3.63) is 29.8 Å². The molecule has 1 saturated carbocycles. The summed E-state index contributed by atoms with van der Waals surface area (Å²) in [6.45, 7) is 0. The van der Waals surface area contributed by atoms with Gasteiger partial charge in [-0.2, -0.15) is 10.4 Å². The lowest BCUT2D eigenvalue weighted by atomic mass is 9.79. The zero-order valence-electron chi connectivity index (χ0n) is 12.4. The summed E-state index contributed by atoms with van der Waals surface area (Å²) in [5.74, 6) is -2.13. The maximum absolute atomic E-state index is 14.0. The van der Waals surface area contributed by atoms with Gasteiger partial charge in [0.15, 0.2) is 5.84 Å². The second-order valence-corrected chi connectivity index (χ2v) is 5.41. The summed E-state index contributed by atoms with van der Waals surface area (Å²) in [5.41, 5.74) is 7.48. The molecule has 4 atom stereocenters. The molecule has 9 heteroatoms. The molecule has 2 rings (SSSR count). The Kier molecular flexibility index (Phi) is 5.39. The quantitative estimate of drug-likeness (QED) is 0.340. The van der Waals surface area contributed by atoms with Crippen molar-refractivity contribution in [2.24, 2.45) is 10.8 Å². The van der Waals surface area contributed by atoms with Gasteiger partial charge in [-0.3, -0.25) is 10.8 Å². The van der Waals surface area contributed by atoms with E-state index in [1.54, 1.807) is 6.07 Å². The summed E-state index contributed by atoms with van der Waals surface area (Å²) in [6.07, 6.45) is -9.26. The van der Waals surface area contributed by atoms with Crippen molar-refractivity contribution < 1.29 is 17.6 Å². The lowest BCUT2D eigenvalue weighted by Crippen LogP contribution is -2.43. The van der Waals surface area contributed by atoms with Crippen molar-refractivity contribution >= 4 is 17.2 Å². The second kappa shape index (κ2) is 7.29. The Labute approximate surface area is 135 Å². The van der Waals surface area contributed by atoms with Crippen molar-refractivity contribution in [3.8, 4) is 6.07 Å². The topological polar surface area (TPSA) is 98.0 Å². The number of halogens is 4. The van der Waals surface area contributed by atoms with Crippen molar-refractivity contribution in [2.75, 3.05) is 5.43 Å². The molecule has 0 saturated heterocycles. The van der Waals surface area contributed by atoms with E-state index >= 15 is 0 Å². The van der Waals surface area contributed by atoms with Gasteiger partial charge in [-0.05, 0) is 17.7 Å². The van der Waals surface area contributed by atoms with Crippen LogP contribution < -0.4 is 11.2 Å². The molecule has 0 aliphatic heterocycles. The first-order valence-electron chi connectivity index (χ1n) is 7.09. The van der Waals surface area contributed by atoms with Gasteiger partial charge in [-0.25, -0.2) is 17.6 Å². The predicted molar refractivity (Wildman–Crippen MR) is 82.0 cm³/mol. The highest BCUT2D eigenvalue weighted by Gasteiger charge is 2.47. The van der Waals surface area contributed by atoms with Gasteiger partial charge in [0.05, 0.1) is 11.6 Å². The van der Waals surface area contributed by atoms with Crippen LogP contribution in [0.4, 0.5) is 23.2 Å². The maximum Gasteiger partial charge on any atom is 0.201 e. The van der Waals surface area contributed by atoms with Crippen LogP contribution in [-0.4, -0.2) is 36.2 Å². The van der Waals surface area contributed by atoms with Crippen LogP contribution in [0.5, 0.6) is 0 Å². The van der Waals surface area contributed by atoms with Crippen LogP contribution in [0.25, 0.3) is 0 Å². The molecule has 0 amide bonds.